The number of thiocarbonyl (C=S) groups is 1. The zero-order valence-electron chi connectivity index (χ0n) is 10.8. The Kier molecular flexibility index (Phi) is 4.21. The second-order valence-electron chi connectivity index (χ2n) is 4.29. The molecule has 0 saturated heterocycles. The number of benzene rings is 1. The van der Waals surface area contributed by atoms with Gasteiger partial charge in [-0.05, 0) is 25.1 Å². The highest BCUT2D eigenvalue weighted by Crippen LogP contribution is 2.22. The van der Waals surface area contributed by atoms with Gasteiger partial charge in [0.15, 0.2) is 0 Å². The van der Waals surface area contributed by atoms with Gasteiger partial charge in [-0.15, -0.1) is 0 Å². The van der Waals surface area contributed by atoms with E-state index < -0.39 is 0 Å². The lowest BCUT2D eigenvalue weighted by Crippen LogP contribution is -2.13. The molecule has 0 aliphatic heterocycles. The van der Waals surface area contributed by atoms with Crippen molar-refractivity contribution in [3.63, 3.8) is 0 Å². The summed E-state index contributed by atoms with van der Waals surface area (Å²) in [6, 6.07) is 5.81. The molecule has 2 rings (SSSR count). The van der Waals surface area contributed by atoms with Gasteiger partial charge in [0.25, 0.3) is 0 Å². The van der Waals surface area contributed by atoms with Crippen LogP contribution in [0.25, 0.3) is 0 Å². The van der Waals surface area contributed by atoms with E-state index in [0.717, 1.165) is 27.0 Å². The summed E-state index contributed by atoms with van der Waals surface area (Å²) in [5, 5.41) is 7.58. The number of hydrogen-bond acceptors (Lipinski definition) is 3. The molecule has 0 fully saturated rings. The van der Waals surface area contributed by atoms with Crippen LogP contribution in [0.15, 0.2) is 28.9 Å². The Morgan fingerprint density at radius 1 is 1.53 bits per heavy atom. The minimum Gasteiger partial charge on any atom is -0.389 e. The van der Waals surface area contributed by atoms with Crippen LogP contribution in [0, 0.1) is 6.92 Å². The van der Waals surface area contributed by atoms with Crippen LogP contribution in [-0.4, -0.2) is 14.8 Å². The highest BCUT2D eigenvalue weighted by atomic mass is 79.9. The predicted molar refractivity (Wildman–Crippen MR) is 85.3 cm³/mol. The number of aromatic nitrogens is 2. The van der Waals surface area contributed by atoms with Crippen molar-refractivity contribution in [1.82, 2.24) is 9.78 Å². The molecule has 3 N–H and O–H groups in total. The Morgan fingerprint density at radius 2 is 2.26 bits per heavy atom. The normalized spacial score (nSPS) is 10.5. The Morgan fingerprint density at radius 3 is 2.84 bits per heavy atom. The number of nitrogens with zero attached hydrogens (tertiary/aromatic N) is 2. The van der Waals surface area contributed by atoms with E-state index >= 15 is 0 Å². The van der Waals surface area contributed by atoms with E-state index in [1.807, 2.05) is 43.0 Å². The highest BCUT2D eigenvalue weighted by molar-refractivity contribution is 9.10. The SMILES string of the molecule is Cc1c(CNc2cc(Br)ccc2C(N)=S)cnn1C. The Bertz CT molecular complexity index is 621. The molecule has 6 heteroatoms. The van der Waals surface area contributed by atoms with Gasteiger partial charge in [0.1, 0.15) is 4.99 Å². The first-order valence-corrected chi connectivity index (χ1v) is 7.00. The lowest BCUT2D eigenvalue weighted by Gasteiger charge is -2.11. The van der Waals surface area contributed by atoms with Gasteiger partial charge in [-0.25, -0.2) is 0 Å². The van der Waals surface area contributed by atoms with Gasteiger partial charge in [0.2, 0.25) is 0 Å². The summed E-state index contributed by atoms with van der Waals surface area (Å²) in [6.45, 7) is 2.73. The third kappa shape index (κ3) is 3.13. The molecule has 0 atom stereocenters. The van der Waals surface area contributed by atoms with Crippen molar-refractivity contribution in [3.05, 3.63) is 45.7 Å². The van der Waals surface area contributed by atoms with E-state index in [0.29, 0.717) is 11.5 Å². The maximum absolute atomic E-state index is 5.73. The number of nitrogens with one attached hydrogen (secondary N) is 1. The third-order valence-corrected chi connectivity index (χ3v) is 3.77. The second kappa shape index (κ2) is 5.71. The maximum atomic E-state index is 5.73. The highest BCUT2D eigenvalue weighted by Gasteiger charge is 2.08. The molecule has 0 aliphatic carbocycles. The van der Waals surface area contributed by atoms with Gasteiger partial charge < -0.3 is 11.1 Å². The zero-order valence-corrected chi connectivity index (χ0v) is 13.2. The summed E-state index contributed by atoms with van der Waals surface area (Å²) >= 11 is 8.51. The van der Waals surface area contributed by atoms with Crippen LogP contribution in [0.2, 0.25) is 0 Å². The van der Waals surface area contributed by atoms with Crippen LogP contribution in [0.1, 0.15) is 16.8 Å². The molecular weight excluding hydrogens is 324 g/mol. The van der Waals surface area contributed by atoms with Crippen LogP contribution in [0.5, 0.6) is 0 Å². The molecular formula is C13H15BrN4S. The minimum atomic E-state index is 0.387. The molecule has 1 aromatic heterocycles. The molecule has 0 saturated carbocycles. The molecule has 0 bridgehead atoms. The van der Waals surface area contributed by atoms with Crippen LogP contribution in [-0.2, 0) is 13.6 Å². The van der Waals surface area contributed by atoms with Crippen LogP contribution < -0.4 is 11.1 Å². The van der Waals surface area contributed by atoms with E-state index in [-0.39, 0.29) is 0 Å². The summed E-state index contributed by atoms with van der Waals surface area (Å²) in [6.07, 6.45) is 1.86. The van der Waals surface area contributed by atoms with Gasteiger partial charge in [-0.2, -0.15) is 5.10 Å². The second-order valence-corrected chi connectivity index (χ2v) is 5.64. The monoisotopic (exact) mass is 338 g/mol. The molecule has 0 amide bonds. The largest absolute Gasteiger partial charge is 0.389 e. The average molecular weight is 339 g/mol. The molecule has 1 heterocycles. The fraction of sp³-hybridized carbons (Fsp3) is 0.231. The molecule has 2 aromatic rings. The quantitative estimate of drug-likeness (QED) is 0.841. The summed E-state index contributed by atoms with van der Waals surface area (Å²) in [7, 11) is 1.93. The van der Waals surface area contributed by atoms with E-state index in [2.05, 4.69) is 26.3 Å². The topological polar surface area (TPSA) is 55.9 Å². The lowest BCUT2D eigenvalue weighted by atomic mass is 10.1. The van der Waals surface area contributed by atoms with Crippen molar-refractivity contribution in [2.75, 3.05) is 5.32 Å². The van der Waals surface area contributed by atoms with Crippen molar-refractivity contribution < 1.29 is 0 Å². The summed E-state index contributed by atoms with van der Waals surface area (Å²) < 4.78 is 2.84. The summed E-state index contributed by atoms with van der Waals surface area (Å²) in [5.74, 6) is 0. The molecule has 100 valence electrons. The van der Waals surface area contributed by atoms with Crippen molar-refractivity contribution >= 4 is 38.8 Å². The fourth-order valence-electron chi connectivity index (χ4n) is 1.79. The number of halogens is 1. The number of aryl methyl sites for hydroxylation is 1. The van der Waals surface area contributed by atoms with E-state index in [1.165, 1.54) is 0 Å². The van der Waals surface area contributed by atoms with Crippen molar-refractivity contribution in [3.8, 4) is 0 Å². The first-order valence-electron chi connectivity index (χ1n) is 5.79. The molecule has 0 spiro atoms. The molecule has 0 aliphatic rings. The molecule has 0 radical (unpaired) electrons. The summed E-state index contributed by atoms with van der Waals surface area (Å²) in [4.78, 5) is 0.387. The number of hydrogen-bond donors (Lipinski definition) is 2. The lowest BCUT2D eigenvalue weighted by molar-refractivity contribution is 0.738. The van der Waals surface area contributed by atoms with E-state index in [9.17, 15) is 0 Å². The van der Waals surface area contributed by atoms with Gasteiger partial charge in [0.05, 0.1) is 6.20 Å². The summed E-state index contributed by atoms with van der Waals surface area (Å²) in [5.41, 5.74) is 9.78. The van der Waals surface area contributed by atoms with E-state index in [4.69, 9.17) is 18.0 Å². The first kappa shape index (κ1) is 14.0. The zero-order chi connectivity index (χ0) is 14.0. The van der Waals surface area contributed by atoms with Crippen LogP contribution >= 0.6 is 28.1 Å². The Balaban J connectivity index is 2.21. The van der Waals surface area contributed by atoms with Crippen molar-refractivity contribution in [1.29, 1.82) is 0 Å². The first-order chi connectivity index (χ1) is 8.99. The molecule has 4 nitrogen and oxygen atoms in total. The fourth-order valence-corrected chi connectivity index (χ4v) is 2.32. The smallest absolute Gasteiger partial charge is 0.106 e. The van der Waals surface area contributed by atoms with Gasteiger partial charge >= 0.3 is 0 Å². The number of nitrogens with two attached hydrogens (primary N) is 1. The van der Waals surface area contributed by atoms with Crippen LogP contribution in [0.4, 0.5) is 5.69 Å². The Hall–Kier alpha value is -1.40. The van der Waals surface area contributed by atoms with E-state index in [1.54, 1.807) is 0 Å². The van der Waals surface area contributed by atoms with Crippen molar-refractivity contribution in [2.24, 2.45) is 12.8 Å². The van der Waals surface area contributed by atoms with Crippen molar-refractivity contribution in [2.45, 2.75) is 13.5 Å². The minimum absolute atomic E-state index is 0.387. The molecule has 1 aromatic carbocycles. The molecule has 19 heavy (non-hydrogen) atoms. The predicted octanol–water partition coefficient (Wildman–Crippen LogP) is 2.74. The average Bonchev–Trinajstić information content (AvgIpc) is 2.67. The Labute approximate surface area is 126 Å². The van der Waals surface area contributed by atoms with Gasteiger partial charge in [0, 0.05) is 40.6 Å². The van der Waals surface area contributed by atoms with Gasteiger partial charge in [-0.3, -0.25) is 4.68 Å². The molecule has 0 unspecified atom stereocenters. The number of anilines is 1. The third-order valence-electron chi connectivity index (χ3n) is 3.05. The van der Waals surface area contributed by atoms with Gasteiger partial charge in [-0.1, -0.05) is 28.1 Å². The standard InChI is InChI=1S/C13H15BrN4S/c1-8-9(7-17-18(8)2)6-16-12-5-10(14)3-4-11(12)13(15)19/h3-5,7,16H,6H2,1-2H3,(H2,15,19). The van der Waals surface area contributed by atoms with Crippen LogP contribution in [0.3, 0.4) is 0 Å². The maximum Gasteiger partial charge on any atom is 0.106 e. The number of rotatable bonds is 4.